The van der Waals surface area contributed by atoms with Crippen molar-refractivity contribution in [2.24, 2.45) is 0 Å². The first-order valence-corrected chi connectivity index (χ1v) is 8.04. The van der Waals surface area contributed by atoms with Crippen molar-refractivity contribution < 1.29 is 0 Å². The molecular weight excluding hydrogens is 227 g/mol. The summed E-state index contributed by atoms with van der Waals surface area (Å²) in [6.07, 6.45) is 2.37. The average Bonchev–Trinajstić information content (AvgIpc) is 1.66. The van der Waals surface area contributed by atoms with E-state index >= 15 is 0 Å². The SMILES string of the molecule is Cl[SiH](Cl)CCCCBr. The quantitative estimate of drug-likeness (QED) is 0.304. The summed E-state index contributed by atoms with van der Waals surface area (Å²) in [5.41, 5.74) is 0. The van der Waals surface area contributed by atoms with Crippen molar-refractivity contribution in [1.29, 1.82) is 0 Å². The molecule has 0 aliphatic heterocycles. The summed E-state index contributed by atoms with van der Waals surface area (Å²) >= 11 is 14.5. The third-order valence-electron chi connectivity index (χ3n) is 0.806. The standard InChI is InChI=1S/C4H9BrCl2Si/c5-3-1-2-4-8(6)7/h8H,1-4H2. The zero-order valence-electron chi connectivity index (χ0n) is 4.54. The Bertz CT molecular complexity index is 51.3. The van der Waals surface area contributed by atoms with Crippen molar-refractivity contribution in [1.82, 2.24) is 0 Å². The largest absolute Gasteiger partial charge is 0.237 e. The second-order valence-electron chi connectivity index (χ2n) is 1.58. The summed E-state index contributed by atoms with van der Waals surface area (Å²) in [5.74, 6) is 0. The molecule has 0 aliphatic carbocycles. The van der Waals surface area contributed by atoms with Gasteiger partial charge in [-0.1, -0.05) is 22.4 Å². The molecule has 0 nitrogen and oxygen atoms in total. The van der Waals surface area contributed by atoms with Crippen molar-refractivity contribution in [3.8, 4) is 0 Å². The van der Waals surface area contributed by atoms with Crippen LogP contribution in [0.3, 0.4) is 0 Å². The first kappa shape index (κ1) is 9.28. The van der Waals surface area contributed by atoms with Crippen LogP contribution in [0, 0.1) is 0 Å². The molecule has 0 atom stereocenters. The fraction of sp³-hybridized carbons (Fsp3) is 1.00. The van der Waals surface area contributed by atoms with E-state index in [1.165, 1.54) is 12.8 Å². The minimum Gasteiger partial charge on any atom is -0.150 e. The fourth-order valence-corrected chi connectivity index (χ4v) is 2.31. The zero-order chi connectivity index (χ0) is 6.41. The molecule has 0 N–H and O–H groups in total. The van der Waals surface area contributed by atoms with Gasteiger partial charge in [0, 0.05) is 5.33 Å². The molecule has 0 saturated heterocycles. The maximum Gasteiger partial charge on any atom is 0.237 e. The van der Waals surface area contributed by atoms with Gasteiger partial charge in [-0.05, 0) is 12.5 Å². The highest BCUT2D eigenvalue weighted by molar-refractivity contribution is 9.09. The first-order chi connectivity index (χ1) is 3.77. The molecule has 0 aromatic carbocycles. The van der Waals surface area contributed by atoms with Crippen LogP contribution in [0.1, 0.15) is 12.8 Å². The number of hydrogen-bond acceptors (Lipinski definition) is 0. The van der Waals surface area contributed by atoms with Gasteiger partial charge < -0.3 is 0 Å². The van der Waals surface area contributed by atoms with Gasteiger partial charge in [-0.2, -0.15) is 22.2 Å². The lowest BCUT2D eigenvalue weighted by Crippen LogP contribution is -1.90. The van der Waals surface area contributed by atoms with Gasteiger partial charge in [-0.3, -0.25) is 0 Å². The normalized spacial score (nSPS) is 10.5. The molecule has 0 radical (unpaired) electrons. The summed E-state index contributed by atoms with van der Waals surface area (Å²) < 4.78 is 0. The lowest BCUT2D eigenvalue weighted by molar-refractivity contribution is 0.897. The number of rotatable bonds is 4. The van der Waals surface area contributed by atoms with Crippen LogP contribution in [0.2, 0.25) is 6.04 Å². The molecule has 0 amide bonds. The lowest BCUT2D eigenvalue weighted by atomic mass is 10.4. The van der Waals surface area contributed by atoms with E-state index in [0.717, 1.165) is 11.4 Å². The number of alkyl halides is 1. The van der Waals surface area contributed by atoms with Crippen LogP contribution in [0.5, 0.6) is 0 Å². The highest BCUT2D eigenvalue weighted by Crippen LogP contribution is 2.08. The van der Waals surface area contributed by atoms with Crippen LogP contribution >= 0.6 is 38.1 Å². The topological polar surface area (TPSA) is 0 Å². The molecule has 50 valence electrons. The summed E-state index contributed by atoms with van der Waals surface area (Å²) in [7, 11) is -1.28. The lowest BCUT2D eigenvalue weighted by Gasteiger charge is -1.94. The Hall–Kier alpha value is 1.28. The van der Waals surface area contributed by atoms with Crippen LogP contribution in [0.15, 0.2) is 0 Å². The Labute approximate surface area is 69.7 Å². The summed E-state index contributed by atoms with van der Waals surface area (Å²) in [6, 6.07) is 1.05. The van der Waals surface area contributed by atoms with Gasteiger partial charge in [0.1, 0.15) is 0 Å². The predicted octanol–water partition coefficient (Wildman–Crippen LogP) is 2.86. The van der Waals surface area contributed by atoms with E-state index in [4.69, 9.17) is 22.2 Å². The van der Waals surface area contributed by atoms with Crippen LogP contribution in [-0.2, 0) is 0 Å². The molecule has 0 heterocycles. The molecular formula is C4H9BrCl2Si. The Balaban J connectivity index is 2.72. The van der Waals surface area contributed by atoms with Crippen molar-refractivity contribution >= 4 is 45.5 Å². The first-order valence-electron chi connectivity index (χ1n) is 2.61. The predicted molar refractivity (Wildman–Crippen MR) is 46.7 cm³/mol. The van der Waals surface area contributed by atoms with Crippen LogP contribution in [0.4, 0.5) is 0 Å². The van der Waals surface area contributed by atoms with Gasteiger partial charge in [0.05, 0.1) is 0 Å². The molecule has 0 saturated carbocycles. The highest BCUT2D eigenvalue weighted by atomic mass is 79.9. The minimum absolute atomic E-state index is 1.05. The third-order valence-corrected chi connectivity index (χ3v) is 3.52. The van der Waals surface area contributed by atoms with E-state index in [0.29, 0.717) is 0 Å². The van der Waals surface area contributed by atoms with Crippen LogP contribution < -0.4 is 0 Å². The van der Waals surface area contributed by atoms with E-state index < -0.39 is 7.42 Å². The highest BCUT2D eigenvalue weighted by Gasteiger charge is 1.98. The Morgan fingerprint density at radius 3 is 2.25 bits per heavy atom. The molecule has 0 rings (SSSR count). The fourth-order valence-electron chi connectivity index (χ4n) is 0.393. The molecule has 0 fully saturated rings. The van der Waals surface area contributed by atoms with Crippen LogP contribution in [-0.4, -0.2) is 12.7 Å². The van der Waals surface area contributed by atoms with E-state index in [9.17, 15) is 0 Å². The maximum absolute atomic E-state index is 5.60. The summed E-state index contributed by atoms with van der Waals surface area (Å²) in [6.45, 7) is 0. The third kappa shape index (κ3) is 7.28. The minimum atomic E-state index is -1.28. The molecule has 8 heavy (non-hydrogen) atoms. The van der Waals surface area contributed by atoms with Crippen molar-refractivity contribution in [3.05, 3.63) is 0 Å². The Morgan fingerprint density at radius 2 is 1.88 bits per heavy atom. The number of unbranched alkanes of at least 4 members (excludes halogenated alkanes) is 1. The maximum atomic E-state index is 5.60. The summed E-state index contributed by atoms with van der Waals surface area (Å²) in [5, 5.41) is 1.07. The molecule has 0 bridgehead atoms. The molecule has 0 aliphatic rings. The van der Waals surface area contributed by atoms with Gasteiger partial charge in [-0.15, -0.1) is 0 Å². The van der Waals surface area contributed by atoms with Gasteiger partial charge >= 0.3 is 0 Å². The average molecular weight is 236 g/mol. The van der Waals surface area contributed by atoms with Gasteiger partial charge in [-0.25, -0.2) is 0 Å². The number of halogens is 3. The molecule has 0 aromatic rings. The van der Waals surface area contributed by atoms with Gasteiger partial charge in [0.15, 0.2) is 0 Å². The van der Waals surface area contributed by atoms with E-state index in [-0.39, 0.29) is 0 Å². The Kier molecular flexibility index (Phi) is 7.42. The molecule has 0 spiro atoms. The van der Waals surface area contributed by atoms with Crippen LogP contribution in [0.25, 0.3) is 0 Å². The Morgan fingerprint density at radius 1 is 1.25 bits per heavy atom. The molecule has 0 unspecified atom stereocenters. The van der Waals surface area contributed by atoms with Crippen molar-refractivity contribution in [3.63, 3.8) is 0 Å². The smallest absolute Gasteiger partial charge is 0.150 e. The van der Waals surface area contributed by atoms with E-state index in [2.05, 4.69) is 15.9 Å². The van der Waals surface area contributed by atoms with Crippen molar-refractivity contribution in [2.45, 2.75) is 18.9 Å². The number of hydrogen-bond donors (Lipinski definition) is 0. The molecule has 0 aromatic heterocycles. The second kappa shape index (κ2) is 6.40. The monoisotopic (exact) mass is 234 g/mol. The van der Waals surface area contributed by atoms with Gasteiger partial charge in [0.2, 0.25) is 7.42 Å². The second-order valence-corrected chi connectivity index (χ2v) is 7.56. The van der Waals surface area contributed by atoms with Crippen molar-refractivity contribution in [2.75, 3.05) is 5.33 Å². The van der Waals surface area contributed by atoms with E-state index in [1.807, 2.05) is 0 Å². The summed E-state index contributed by atoms with van der Waals surface area (Å²) in [4.78, 5) is 0. The van der Waals surface area contributed by atoms with Gasteiger partial charge in [0.25, 0.3) is 0 Å². The van der Waals surface area contributed by atoms with E-state index in [1.54, 1.807) is 0 Å². The zero-order valence-corrected chi connectivity index (χ0v) is 8.79. The molecule has 4 heteroatoms.